The topological polar surface area (TPSA) is 110 Å². The minimum absolute atomic E-state index is 0.137. The van der Waals surface area contributed by atoms with Crippen LogP contribution >= 0.6 is 11.6 Å². The van der Waals surface area contributed by atoms with Gasteiger partial charge in [-0.15, -0.1) is 4.91 Å². The third kappa shape index (κ3) is 5.90. The number of halogens is 1. The molecule has 5 rings (SSSR count). The van der Waals surface area contributed by atoms with Crippen LogP contribution in [0.2, 0.25) is 5.02 Å². The molecule has 2 aliphatic rings. The van der Waals surface area contributed by atoms with E-state index in [4.69, 9.17) is 16.4 Å². The van der Waals surface area contributed by atoms with Crippen LogP contribution in [0.4, 0.5) is 11.4 Å². The van der Waals surface area contributed by atoms with Gasteiger partial charge in [-0.25, -0.2) is 5.01 Å². The lowest BCUT2D eigenvalue weighted by atomic mass is 9.94. The van der Waals surface area contributed by atoms with E-state index in [1.165, 1.54) is 16.2 Å². The predicted octanol–water partition coefficient (Wildman–Crippen LogP) is 4.41. The molecule has 210 valence electrons. The van der Waals surface area contributed by atoms with Gasteiger partial charge in [-0.2, -0.15) is 5.10 Å². The van der Waals surface area contributed by atoms with E-state index in [1.54, 1.807) is 36.2 Å². The van der Waals surface area contributed by atoms with Crippen molar-refractivity contribution in [2.75, 3.05) is 36.6 Å². The highest BCUT2D eigenvalue weighted by Crippen LogP contribution is 2.36. The molecule has 2 aliphatic heterocycles. The van der Waals surface area contributed by atoms with Gasteiger partial charge in [0.1, 0.15) is 19.4 Å². The van der Waals surface area contributed by atoms with Crippen molar-refractivity contribution < 1.29 is 14.4 Å². The maximum absolute atomic E-state index is 13.8. The summed E-state index contributed by atoms with van der Waals surface area (Å²) in [6.07, 6.45) is 2.52. The Bertz CT molecular complexity index is 1500. The van der Waals surface area contributed by atoms with E-state index >= 15 is 0 Å². The summed E-state index contributed by atoms with van der Waals surface area (Å²) in [5, 5.41) is 9.67. The first-order valence-electron chi connectivity index (χ1n) is 12.9. The minimum Gasteiger partial charge on any atom is -0.360 e. The highest BCUT2D eigenvalue weighted by molar-refractivity contribution is 6.31. The average Bonchev–Trinajstić information content (AvgIpc) is 3.00. The highest BCUT2D eigenvalue weighted by Gasteiger charge is 2.37. The molecule has 1 fully saturated rings. The van der Waals surface area contributed by atoms with E-state index < -0.39 is 6.04 Å². The Kier molecular flexibility index (Phi) is 8.25. The van der Waals surface area contributed by atoms with Crippen molar-refractivity contribution in [3.63, 3.8) is 0 Å². The quantitative estimate of drug-likeness (QED) is 0.162. The lowest BCUT2D eigenvalue weighted by Gasteiger charge is -2.40. The summed E-state index contributed by atoms with van der Waals surface area (Å²) in [7, 11) is 1.59. The van der Waals surface area contributed by atoms with Gasteiger partial charge in [0.2, 0.25) is 11.8 Å². The molecule has 0 aliphatic carbocycles. The Morgan fingerprint density at radius 1 is 1.07 bits per heavy atom. The zero-order valence-corrected chi connectivity index (χ0v) is 23.1. The van der Waals surface area contributed by atoms with Crippen molar-refractivity contribution in [2.24, 2.45) is 15.4 Å². The van der Waals surface area contributed by atoms with Crippen LogP contribution in [-0.2, 0) is 22.4 Å². The van der Waals surface area contributed by atoms with Crippen LogP contribution in [0.25, 0.3) is 0 Å². The molecule has 0 radical (unpaired) electrons. The summed E-state index contributed by atoms with van der Waals surface area (Å²) >= 11 is 6.30. The standard InChI is InChI=1S/C29H28ClN7O4/c1-31-19-36(32-2)24-10-9-23(30)16-26(24)35-18-28(38)34(17-29(35)39)25(14-20-6-4-3-5-7-20)21-8-11-27-22(15-21)12-13-37(33-40)41-27/h3-11,15-16,19,25H,2,12-14,17-18H2,1H3/b31-19-. The van der Waals surface area contributed by atoms with Crippen LogP contribution in [0, 0.1) is 4.91 Å². The summed E-state index contributed by atoms with van der Waals surface area (Å²) in [5.41, 5.74) is 3.73. The molecular weight excluding hydrogens is 546 g/mol. The van der Waals surface area contributed by atoms with Crippen LogP contribution in [0.1, 0.15) is 22.7 Å². The third-order valence-corrected chi connectivity index (χ3v) is 7.29. The van der Waals surface area contributed by atoms with E-state index in [2.05, 4.69) is 22.1 Å². The molecular formula is C29H28ClN7O4. The molecule has 2 amide bonds. The van der Waals surface area contributed by atoms with Crippen LogP contribution < -0.4 is 14.7 Å². The molecule has 0 aromatic heterocycles. The first-order chi connectivity index (χ1) is 19.9. The number of hydrogen-bond donors (Lipinski definition) is 0. The summed E-state index contributed by atoms with van der Waals surface area (Å²) in [6, 6.07) is 20.0. The highest BCUT2D eigenvalue weighted by atomic mass is 35.5. The number of fused-ring (bicyclic) bond motifs is 1. The Morgan fingerprint density at radius 3 is 2.61 bits per heavy atom. The van der Waals surface area contributed by atoms with Gasteiger partial charge in [0.15, 0.2) is 5.75 Å². The zero-order chi connectivity index (χ0) is 28.9. The SMILES string of the molecule is C=NN(/C=N\C)c1ccc(Cl)cc1N1CC(=O)N(C(Cc2ccccc2)c2ccc3c(c2)CCN(N=O)O3)CC1=O. The second-order valence-electron chi connectivity index (χ2n) is 9.57. The molecule has 0 spiro atoms. The summed E-state index contributed by atoms with van der Waals surface area (Å²) in [5.74, 6) is 0.0522. The summed E-state index contributed by atoms with van der Waals surface area (Å²) in [6.45, 7) is 3.59. The number of hydrazone groups is 1. The van der Waals surface area contributed by atoms with Crippen molar-refractivity contribution in [1.82, 2.24) is 10.1 Å². The number of hydrogen-bond acceptors (Lipinski definition) is 7. The van der Waals surface area contributed by atoms with Crippen molar-refractivity contribution in [2.45, 2.75) is 18.9 Å². The van der Waals surface area contributed by atoms with E-state index in [-0.39, 0.29) is 24.9 Å². The maximum atomic E-state index is 13.8. The van der Waals surface area contributed by atoms with Crippen LogP contribution in [-0.4, -0.2) is 61.6 Å². The van der Waals surface area contributed by atoms with Crippen molar-refractivity contribution in [3.8, 4) is 5.75 Å². The maximum Gasteiger partial charge on any atom is 0.247 e. The van der Waals surface area contributed by atoms with Gasteiger partial charge < -0.3 is 9.74 Å². The van der Waals surface area contributed by atoms with Crippen molar-refractivity contribution in [1.29, 1.82) is 0 Å². The lowest BCUT2D eigenvalue weighted by Crippen LogP contribution is -2.55. The number of carbonyl (C=O) groups is 2. The van der Waals surface area contributed by atoms with E-state index in [1.807, 2.05) is 42.5 Å². The number of amides is 2. The number of aliphatic imine (C=N–C) groups is 1. The number of nitroso groups, excluding NO2 is 1. The Balaban J connectivity index is 1.48. The smallest absolute Gasteiger partial charge is 0.247 e. The number of benzene rings is 3. The molecule has 3 aromatic carbocycles. The molecule has 1 atom stereocenters. The monoisotopic (exact) mass is 573 g/mol. The minimum atomic E-state index is -0.416. The normalized spacial score (nSPS) is 15.9. The molecule has 1 saturated heterocycles. The number of carbonyl (C=O) groups excluding carboxylic acids is 2. The number of piperazine rings is 1. The molecule has 41 heavy (non-hydrogen) atoms. The lowest BCUT2D eigenvalue weighted by molar-refractivity contribution is -0.140. The first-order valence-corrected chi connectivity index (χ1v) is 13.3. The van der Waals surface area contributed by atoms with Gasteiger partial charge in [0, 0.05) is 18.8 Å². The average molecular weight is 574 g/mol. The molecule has 0 N–H and O–H groups in total. The fraction of sp³-hybridized carbons (Fsp3) is 0.241. The van der Waals surface area contributed by atoms with Crippen LogP contribution in [0.3, 0.4) is 0 Å². The molecule has 12 heteroatoms. The van der Waals surface area contributed by atoms with Gasteiger partial charge >= 0.3 is 0 Å². The van der Waals surface area contributed by atoms with Crippen LogP contribution in [0.15, 0.2) is 82.1 Å². The predicted molar refractivity (Wildman–Crippen MR) is 158 cm³/mol. The number of nitrogens with zero attached hydrogens (tertiary/aromatic N) is 7. The Hall–Kier alpha value is -4.77. The summed E-state index contributed by atoms with van der Waals surface area (Å²) < 4.78 is 0. The number of rotatable bonds is 9. The molecule has 0 bridgehead atoms. The van der Waals surface area contributed by atoms with Gasteiger partial charge in [-0.1, -0.05) is 53.2 Å². The van der Waals surface area contributed by atoms with Crippen molar-refractivity contribution >= 4 is 47.8 Å². The number of anilines is 2. The largest absolute Gasteiger partial charge is 0.360 e. The Labute approximate surface area is 242 Å². The van der Waals surface area contributed by atoms with Gasteiger partial charge in [-0.3, -0.25) is 19.5 Å². The van der Waals surface area contributed by atoms with Crippen molar-refractivity contribution in [3.05, 3.63) is 93.4 Å². The van der Waals surface area contributed by atoms with E-state index in [0.29, 0.717) is 41.5 Å². The third-order valence-electron chi connectivity index (χ3n) is 7.06. The fourth-order valence-corrected chi connectivity index (χ4v) is 5.26. The molecule has 11 nitrogen and oxygen atoms in total. The molecule has 3 aromatic rings. The van der Waals surface area contributed by atoms with E-state index in [9.17, 15) is 14.5 Å². The number of hydroxylamine groups is 1. The van der Waals surface area contributed by atoms with E-state index in [0.717, 1.165) is 21.9 Å². The van der Waals surface area contributed by atoms with Gasteiger partial charge in [0.25, 0.3) is 0 Å². The first kappa shape index (κ1) is 27.8. The summed E-state index contributed by atoms with van der Waals surface area (Å²) in [4.78, 5) is 51.0. The van der Waals surface area contributed by atoms with Gasteiger partial charge in [0.05, 0.1) is 29.2 Å². The second-order valence-corrected chi connectivity index (χ2v) is 10.0. The zero-order valence-electron chi connectivity index (χ0n) is 22.4. The Morgan fingerprint density at radius 2 is 1.88 bits per heavy atom. The molecule has 2 heterocycles. The van der Waals surface area contributed by atoms with Gasteiger partial charge in [-0.05, 0) is 59.9 Å². The second kappa shape index (κ2) is 12.2. The molecule has 1 unspecified atom stereocenters. The fourth-order valence-electron chi connectivity index (χ4n) is 5.10. The van der Waals surface area contributed by atoms with Crippen LogP contribution in [0.5, 0.6) is 5.75 Å². The molecule has 0 saturated carbocycles.